The third kappa shape index (κ3) is 5.07. The zero-order valence-electron chi connectivity index (χ0n) is 18.4. The van der Waals surface area contributed by atoms with Crippen LogP contribution < -0.4 is 10.2 Å². The van der Waals surface area contributed by atoms with Crippen LogP contribution in [0.4, 0.5) is 5.82 Å². The molecule has 3 atom stereocenters. The minimum Gasteiger partial charge on any atom is -0.507 e. The molecule has 166 valence electrons. The summed E-state index contributed by atoms with van der Waals surface area (Å²) in [6.45, 7) is 0. The SMILES string of the molecule is CN=S(C)(=O)/C=C/c1ccc(-c2ccc(N(C)C3C[C@@H]4CCC[C@@H](C3)N4)nn2)c(O)c1. The van der Waals surface area contributed by atoms with Crippen molar-refractivity contribution in [1.82, 2.24) is 15.5 Å². The molecule has 31 heavy (non-hydrogen) atoms. The quantitative estimate of drug-likeness (QED) is 0.736. The number of nitrogens with one attached hydrogen (secondary N) is 1. The summed E-state index contributed by atoms with van der Waals surface area (Å²) in [6, 6.07) is 10.9. The summed E-state index contributed by atoms with van der Waals surface area (Å²) in [5, 5.41) is 24.6. The lowest BCUT2D eigenvalue weighted by atomic mass is 9.83. The molecule has 0 amide bonds. The Labute approximate surface area is 184 Å². The molecule has 7 nitrogen and oxygen atoms in total. The fourth-order valence-corrected chi connectivity index (χ4v) is 5.06. The molecule has 2 bridgehead atoms. The van der Waals surface area contributed by atoms with E-state index in [1.54, 1.807) is 29.9 Å². The molecule has 2 fully saturated rings. The van der Waals surface area contributed by atoms with E-state index < -0.39 is 9.73 Å². The number of hydrogen-bond donors (Lipinski definition) is 2. The lowest BCUT2D eigenvalue weighted by Gasteiger charge is -2.43. The number of phenolic OH excluding ortho intramolecular Hbond substituents is 1. The first kappa shape index (κ1) is 21.8. The number of anilines is 1. The van der Waals surface area contributed by atoms with E-state index in [1.807, 2.05) is 18.2 Å². The topological polar surface area (TPSA) is 90.7 Å². The van der Waals surface area contributed by atoms with Crippen LogP contribution in [0.15, 0.2) is 40.1 Å². The Kier molecular flexibility index (Phi) is 6.29. The average molecular weight is 442 g/mol. The molecule has 0 aliphatic carbocycles. The molecule has 2 aliphatic rings. The maximum absolute atomic E-state index is 12.0. The first-order valence-electron chi connectivity index (χ1n) is 10.8. The second-order valence-corrected chi connectivity index (χ2v) is 11.0. The molecule has 0 radical (unpaired) electrons. The van der Waals surface area contributed by atoms with Crippen LogP contribution in [0.5, 0.6) is 5.75 Å². The minimum absolute atomic E-state index is 0.111. The molecule has 4 rings (SSSR count). The van der Waals surface area contributed by atoms with E-state index in [0.29, 0.717) is 29.4 Å². The number of rotatable bonds is 5. The summed E-state index contributed by atoms with van der Waals surface area (Å²) in [7, 11) is 1.29. The van der Waals surface area contributed by atoms with Crippen LogP contribution >= 0.6 is 0 Å². The van der Waals surface area contributed by atoms with Gasteiger partial charge in [-0.25, -0.2) is 8.57 Å². The van der Waals surface area contributed by atoms with Gasteiger partial charge in [-0.3, -0.25) is 0 Å². The number of nitrogens with zero attached hydrogens (tertiary/aromatic N) is 4. The van der Waals surface area contributed by atoms with Gasteiger partial charge in [-0.15, -0.1) is 10.2 Å². The van der Waals surface area contributed by atoms with Crippen molar-refractivity contribution < 1.29 is 9.32 Å². The summed E-state index contributed by atoms with van der Waals surface area (Å²) in [5.74, 6) is 0.966. The number of benzene rings is 1. The second kappa shape index (κ2) is 8.96. The largest absolute Gasteiger partial charge is 0.507 e. The average Bonchev–Trinajstić information content (AvgIpc) is 2.77. The summed E-state index contributed by atoms with van der Waals surface area (Å²) in [5.41, 5.74) is 1.99. The van der Waals surface area contributed by atoms with Crippen molar-refractivity contribution >= 4 is 21.6 Å². The Hall–Kier alpha value is -2.45. The van der Waals surface area contributed by atoms with Crippen molar-refractivity contribution in [3.05, 3.63) is 41.3 Å². The molecular weight excluding hydrogens is 410 g/mol. The van der Waals surface area contributed by atoms with Crippen LogP contribution in [0, 0.1) is 0 Å². The van der Waals surface area contributed by atoms with E-state index in [0.717, 1.165) is 24.2 Å². The molecular formula is C23H31N5O2S. The van der Waals surface area contributed by atoms with E-state index in [-0.39, 0.29) is 5.75 Å². The molecule has 2 saturated heterocycles. The standard InChI is InChI=1S/C23H31N5O2S/c1-24-31(3,30)12-11-16-7-8-20(22(29)13-16)21-9-10-23(27-26-21)28(2)19-14-17-5-4-6-18(15-19)25-17/h7-13,17-19,25,29H,4-6,14-15H2,1-3H3/b12-11+/t17-,18-,31?/m0/s1. The fraction of sp³-hybridized carbons (Fsp3) is 0.478. The lowest BCUT2D eigenvalue weighted by Crippen LogP contribution is -2.54. The number of hydrogen-bond acceptors (Lipinski definition) is 7. The van der Waals surface area contributed by atoms with Crippen LogP contribution in [-0.2, 0) is 9.73 Å². The minimum atomic E-state index is -2.34. The molecule has 2 aliphatic heterocycles. The molecule has 0 spiro atoms. The van der Waals surface area contributed by atoms with Crippen LogP contribution in [-0.4, -0.2) is 58.0 Å². The Morgan fingerprint density at radius 2 is 1.94 bits per heavy atom. The van der Waals surface area contributed by atoms with E-state index in [4.69, 9.17) is 0 Å². The number of aromatic nitrogens is 2. The lowest BCUT2D eigenvalue weighted by molar-refractivity contribution is 0.219. The van der Waals surface area contributed by atoms with E-state index >= 15 is 0 Å². The number of fused-ring (bicyclic) bond motifs is 2. The molecule has 2 N–H and O–H groups in total. The molecule has 0 saturated carbocycles. The van der Waals surface area contributed by atoms with Gasteiger partial charge in [0.25, 0.3) is 0 Å². The van der Waals surface area contributed by atoms with Crippen molar-refractivity contribution in [1.29, 1.82) is 0 Å². The molecule has 3 heterocycles. The number of piperidine rings is 2. The molecule has 1 unspecified atom stereocenters. The Balaban J connectivity index is 1.48. The van der Waals surface area contributed by atoms with Gasteiger partial charge in [0.1, 0.15) is 5.75 Å². The Bertz CT molecular complexity index is 1060. The van der Waals surface area contributed by atoms with Gasteiger partial charge in [-0.05, 0) is 61.6 Å². The maximum Gasteiger partial charge on any atom is 0.151 e. The van der Waals surface area contributed by atoms with Crippen molar-refractivity contribution in [2.75, 3.05) is 25.3 Å². The predicted octanol–water partition coefficient (Wildman–Crippen LogP) is 3.66. The molecule has 8 heteroatoms. The monoisotopic (exact) mass is 441 g/mol. The number of phenols is 1. The third-order valence-corrected chi connectivity index (χ3v) is 7.79. The van der Waals surface area contributed by atoms with Crippen molar-refractivity contribution in [3.8, 4) is 17.0 Å². The van der Waals surface area contributed by atoms with Crippen molar-refractivity contribution in [3.63, 3.8) is 0 Å². The first-order chi connectivity index (χ1) is 14.8. The summed E-state index contributed by atoms with van der Waals surface area (Å²) in [6.07, 6.45) is 9.41. The third-order valence-electron chi connectivity index (χ3n) is 6.42. The van der Waals surface area contributed by atoms with Crippen LogP contribution in [0.3, 0.4) is 0 Å². The van der Waals surface area contributed by atoms with Gasteiger partial charge in [0.2, 0.25) is 0 Å². The Morgan fingerprint density at radius 3 is 2.55 bits per heavy atom. The zero-order valence-corrected chi connectivity index (χ0v) is 19.2. The summed E-state index contributed by atoms with van der Waals surface area (Å²) < 4.78 is 15.9. The van der Waals surface area contributed by atoms with Gasteiger partial charge < -0.3 is 15.3 Å². The highest BCUT2D eigenvalue weighted by Crippen LogP contribution is 2.32. The van der Waals surface area contributed by atoms with Gasteiger partial charge in [0.15, 0.2) is 5.82 Å². The van der Waals surface area contributed by atoms with E-state index in [2.05, 4.69) is 31.8 Å². The summed E-state index contributed by atoms with van der Waals surface area (Å²) >= 11 is 0. The van der Waals surface area contributed by atoms with Crippen LogP contribution in [0.2, 0.25) is 0 Å². The highest BCUT2D eigenvalue weighted by molar-refractivity contribution is 7.95. The van der Waals surface area contributed by atoms with Gasteiger partial charge in [0.05, 0.1) is 15.4 Å². The normalized spacial score (nSPS) is 25.2. The molecule has 1 aromatic heterocycles. The summed E-state index contributed by atoms with van der Waals surface area (Å²) in [4.78, 5) is 2.25. The number of aromatic hydroxyl groups is 1. The Morgan fingerprint density at radius 1 is 1.19 bits per heavy atom. The predicted molar refractivity (Wildman–Crippen MR) is 127 cm³/mol. The van der Waals surface area contributed by atoms with Crippen molar-refractivity contribution in [2.45, 2.75) is 50.2 Å². The van der Waals surface area contributed by atoms with Gasteiger partial charge in [-0.2, -0.15) is 0 Å². The zero-order chi connectivity index (χ0) is 22.0. The molecule has 1 aromatic carbocycles. The highest BCUT2D eigenvalue weighted by atomic mass is 32.2. The van der Waals surface area contributed by atoms with E-state index in [9.17, 15) is 9.32 Å². The maximum atomic E-state index is 12.0. The van der Waals surface area contributed by atoms with Gasteiger partial charge in [0, 0.05) is 49.4 Å². The van der Waals surface area contributed by atoms with Crippen LogP contribution in [0.25, 0.3) is 17.3 Å². The van der Waals surface area contributed by atoms with Crippen LogP contribution in [0.1, 0.15) is 37.7 Å². The van der Waals surface area contributed by atoms with E-state index in [1.165, 1.54) is 26.3 Å². The smallest absolute Gasteiger partial charge is 0.151 e. The molecule has 2 aromatic rings. The van der Waals surface area contributed by atoms with Gasteiger partial charge in [-0.1, -0.05) is 12.5 Å². The fourth-order valence-electron chi connectivity index (χ4n) is 4.53. The second-order valence-electron chi connectivity index (χ2n) is 8.63. The highest BCUT2D eigenvalue weighted by Gasteiger charge is 2.33. The van der Waals surface area contributed by atoms with Gasteiger partial charge >= 0.3 is 0 Å². The first-order valence-corrected chi connectivity index (χ1v) is 12.8. The van der Waals surface area contributed by atoms with Crippen molar-refractivity contribution in [2.24, 2.45) is 4.36 Å².